The molecule has 0 saturated carbocycles. The molecule has 0 spiro atoms. The zero-order valence-electron chi connectivity index (χ0n) is 14.3. The number of benzene rings is 1. The molecule has 1 heterocycles. The highest BCUT2D eigenvalue weighted by molar-refractivity contribution is 5.96. The fourth-order valence-corrected chi connectivity index (χ4v) is 2.70. The summed E-state index contributed by atoms with van der Waals surface area (Å²) in [5.41, 5.74) is 2.09. The van der Waals surface area contributed by atoms with E-state index >= 15 is 0 Å². The van der Waals surface area contributed by atoms with Gasteiger partial charge in [-0.05, 0) is 43.7 Å². The molecular weight excluding hydrogens is 294 g/mol. The van der Waals surface area contributed by atoms with Crippen LogP contribution < -0.4 is 9.64 Å². The zero-order chi connectivity index (χ0) is 17.0. The van der Waals surface area contributed by atoms with Crippen molar-refractivity contribution in [1.29, 1.82) is 0 Å². The average Bonchev–Trinajstić information content (AvgIpc) is 2.53. The van der Waals surface area contributed by atoms with Crippen LogP contribution in [-0.4, -0.2) is 69.5 Å². The van der Waals surface area contributed by atoms with Gasteiger partial charge >= 0.3 is 0 Å². The largest absolute Gasteiger partial charge is 0.497 e. The smallest absolute Gasteiger partial charge is 0.241 e. The van der Waals surface area contributed by atoms with Crippen LogP contribution in [0.1, 0.15) is 12.0 Å². The molecule has 0 N–H and O–H groups in total. The van der Waals surface area contributed by atoms with Crippen molar-refractivity contribution < 1.29 is 14.3 Å². The van der Waals surface area contributed by atoms with Crippen molar-refractivity contribution in [2.75, 3.05) is 52.8 Å². The predicted molar refractivity (Wildman–Crippen MR) is 89.9 cm³/mol. The van der Waals surface area contributed by atoms with Gasteiger partial charge in [-0.3, -0.25) is 14.5 Å². The van der Waals surface area contributed by atoms with Crippen LogP contribution in [0.4, 0.5) is 5.69 Å². The van der Waals surface area contributed by atoms with Crippen molar-refractivity contribution in [1.82, 2.24) is 9.80 Å². The summed E-state index contributed by atoms with van der Waals surface area (Å²) in [4.78, 5) is 29.4. The number of anilines is 1. The van der Waals surface area contributed by atoms with Crippen LogP contribution in [0.5, 0.6) is 5.75 Å². The Bertz CT molecular complexity index is 586. The van der Waals surface area contributed by atoms with Crippen LogP contribution in [0.15, 0.2) is 18.2 Å². The average molecular weight is 319 g/mol. The lowest BCUT2D eigenvalue weighted by Gasteiger charge is -2.31. The molecule has 126 valence electrons. The van der Waals surface area contributed by atoms with Crippen molar-refractivity contribution in [3.63, 3.8) is 0 Å². The van der Waals surface area contributed by atoms with Gasteiger partial charge in [0.25, 0.3) is 0 Å². The SMILES string of the molecule is COc1ccc2c(c1)CCCN2C(=O)CN(C)CC(=O)N(C)C. The summed E-state index contributed by atoms with van der Waals surface area (Å²) in [6, 6.07) is 5.81. The van der Waals surface area contributed by atoms with E-state index < -0.39 is 0 Å². The molecule has 1 aliphatic rings. The van der Waals surface area contributed by atoms with Gasteiger partial charge in [0.15, 0.2) is 0 Å². The molecule has 1 aliphatic heterocycles. The van der Waals surface area contributed by atoms with Crippen molar-refractivity contribution in [2.24, 2.45) is 0 Å². The second-order valence-corrected chi connectivity index (χ2v) is 6.10. The molecule has 2 amide bonds. The van der Waals surface area contributed by atoms with Gasteiger partial charge < -0.3 is 14.5 Å². The quantitative estimate of drug-likeness (QED) is 0.812. The fraction of sp³-hybridized carbons (Fsp3) is 0.529. The maximum atomic E-state index is 12.6. The highest BCUT2D eigenvalue weighted by Gasteiger charge is 2.24. The van der Waals surface area contributed by atoms with E-state index in [9.17, 15) is 9.59 Å². The molecule has 1 aromatic carbocycles. The summed E-state index contributed by atoms with van der Waals surface area (Å²) in [5, 5.41) is 0. The van der Waals surface area contributed by atoms with Gasteiger partial charge in [-0.2, -0.15) is 0 Å². The van der Waals surface area contributed by atoms with Crippen LogP contribution >= 0.6 is 0 Å². The zero-order valence-corrected chi connectivity index (χ0v) is 14.3. The predicted octanol–water partition coefficient (Wildman–Crippen LogP) is 0.994. The Labute approximate surface area is 137 Å². The van der Waals surface area contributed by atoms with Crippen LogP contribution in [-0.2, 0) is 16.0 Å². The fourth-order valence-electron chi connectivity index (χ4n) is 2.70. The van der Waals surface area contributed by atoms with E-state index in [0.717, 1.165) is 29.8 Å². The standard InChI is InChI=1S/C17H25N3O3/c1-18(2)16(21)11-19(3)12-17(22)20-9-5-6-13-10-14(23-4)7-8-15(13)20/h7-8,10H,5-6,9,11-12H2,1-4H3. The number of fused-ring (bicyclic) bond motifs is 1. The van der Waals surface area contributed by atoms with Gasteiger partial charge in [-0.25, -0.2) is 0 Å². The first-order chi connectivity index (χ1) is 10.9. The Morgan fingerprint density at radius 1 is 1.22 bits per heavy atom. The molecule has 0 bridgehead atoms. The van der Waals surface area contributed by atoms with E-state index in [-0.39, 0.29) is 24.9 Å². The summed E-state index contributed by atoms with van der Waals surface area (Å²) in [7, 11) is 6.86. The van der Waals surface area contributed by atoms with Gasteiger partial charge in [0.1, 0.15) is 5.75 Å². The number of likely N-dealkylation sites (N-methyl/N-ethyl adjacent to an activating group) is 2. The first-order valence-electron chi connectivity index (χ1n) is 7.78. The molecule has 0 aromatic heterocycles. The lowest BCUT2D eigenvalue weighted by Crippen LogP contribution is -2.44. The van der Waals surface area contributed by atoms with E-state index in [1.165, 1.54) is 4.90 Å². The number of carbonyl (C=O) groups excluding carboxylic acids is 2. The van der Waals surface area contributed by atoms with Gasteiger partial charge in [0, 0.05) is 26.3 Å². The molecule has 2 rings (SSSR count). The Hall–Kier alpha value is -2.08. The van der Waals surface area contributed by atoms with E-state index in [1.54, 1.807) is 33.2 Å². The van der Waals surface area contributed by atoms with Gasteiger partial charge in [0.05, 0.1) is 20.2 Å². The molecule has 0 fully saturated rings. The van der Waals surface area contributed by atoms with Crippen LogP contribution in [0, 0.1) is 0 Å². The molecule has 0 aliphatic carbocycles. The molecule has 1 aromatic rings. The minimum atomic E-state index is -0.0101. The molecule has 0 radical (unpaired) electrons. The van der Waals surface area contributed by atoms with Crippen LogP contribution in [0.25, 0.3) is 0 Å². The number of ether oxygens (including phenoxy) is 1. The Balaban J connectivity index is 2.05. The molecule has 6 heteroatoms. The number of hydrogen-bond acceptors (Lipinski definition) is 4. The highest BCUT2D eigenvalue weighted by atomic mass is 16.5. The molecule has 23 heavy (non-hydrogen) atoms. The highest BCUT2D eigenvalue weighted by Crippen LogP contribution is 2.30. The normalized spacial score (nSPS) is 13.7. The first kappa shape index (κ1) is 17.3. The van der Waals surface area contributed by atoms with E-state index in [4.69, 9.17) is 4.74 Å². The number of amides is 2. The van der Waals surface area contributed by atoms with Crippen LogP contribution in [0.2, 0.25) is 0 Å². The lowest BCUT2D eigenvalue weighted by atomic mass is 10.0. The molecule has 0 saturated heterocycles. The minimum absolute atomic E-state index is 0.0101. The van der Waals surface area contributed by atoms with Crippen molar-refractivity contribution in [3.05, 3.63) is 23.8 Å². The third-order valence-electron chi connectivity index (χ3n) is 4.02. The minimum Gasteiger partial charge on any atom is -0.497 e. The maximum Gasteiger partial charge on any atom is 0.241 e. The van der Waals surface area contributed by atoms with Gasteiger partial charge in [0.2, 0.25) is 11.8 Å². The number of aryl methyl sites for hydroxylation is 1. The molecule has 6 nitrogen and oxygen atoms in total. The Morgan fingerprint density at radius 3 is 2.61 bits per heavy atom. The number of nitrogens with zero attached hydrogens (tertiary/aromatic N) is 3. The Kier molecular flexibility index (Phi) is 5.60. The second kappa shape index (κ2) is 7.46. The summed E-state index contributed by atoms with van der Waals surface area (Å²) >= 11 is 0. The summed E-state index contributed by atoms with van der Waals surface area (Å²) in [6.07, 6.45) is 1.89. The molecule has 0 unspecified atom stereocenters. The van der Waals surface area contributed by atoms with E-state index in [0.29, 0.717) is 6.54 Å². The number of hydrogen-bond donors (Lipinski definition) is 0. The topological polar surface area (TPSA) is 53.1 Å². The van der Waals surface area contributed by atoms with E-state index in [2.05, 4.69) is 0 Å². The maximum absolute atomic E-state index is 12.6. The van der Waals surface area contributed by atoms with Crippen molar-refractivity contribution >= 4 is 17.5 Å². The lowest BCUT2D eigenvalue weighted by molar-refractivity contribution is -0.130. The van der Waals surface area contributed by atoms with Gasteiger partial charge in [-0.15, -0.1) is 0 Å². The van der Waals surface area contributed by atoms with Crippen molar-refractivity contribution in [3.8, 4) is 5.75 Å². The third-order valence-corrected chi connectivity index (χ3v) is 4.02. The number of rotatable bonds is 5. The van der Waals surface area contributed by atoms with E-state index in [1.807, 2.05) is 23.1 Å². The van der Waals surface area contributed by atoms with Crippen LogP contribution in [0.3, 0.4) is 0 Å². The second-order valence-electron chi connectivity index (χ2n) is 6.10. The number of carbonyl (C=O) groups is 2. The Morgan fingerprint density at radius 2 is 1.96 bits per heavy atom. The molecule has 0 atom stereocenters. The third kappa shape index (κ3) is 4.22. The van der Waals surface area contributed by atoms with Gasteiger partial charge in [-0.1, -0.05) is 0 Å². The summed E-state index contributed by atoms with van der Waals surface area (Å²) in [5.74, 6) is 0.820. The van der Waals surface area contributed by atoms with Crippen molar-refractivity contribution in [2.45, 2.75) is 12.8 Å². The summed E-state index contributed by atoms with van der Waals surface area (Å²) < 4.78 is 5.25. The monoisotopic (exact) mass is 319 g/mol. The summed E-state index contributed by atoms with van der Waals surface area (Å²) in [6.45, 7) is 1.18. The molecular formula is C17H25N3O3. The number of methoxy groups -OCH3 is 1. The first-order valence-corrected chi connectivity index (χ1v) is 7.78.